The van der Waals surface area contributed by atoms with Gasteiger partial charge in [-0.15, -0.1) is 0 Å². The molecule has 3 rings (SSSR count). The summed E-state index contributed by atoms with van der Waals surface area (Å²) in [6, 6.07) is 5.08. The summed E-state index contributed by atoms with van der Waals surface area (Å²) < 4.78 is 19.5. The summed E-state index contributed by atoms with van der Waals surface area (Å²) in [6.45, 7) is 2.45. The highest BCUT2D eigenvalue weighted by atomic mass is 35.5. The number of morpholine rings is 1. The highest BCUT2D eigenvalue weighted by molar-refractivity contribution is 6.31. The van der Waals surface area contributed by atoms with E-state index in [0.29, 0.717) is 23.2 Å². The zero-order valence-electron chi connectivity index (χ0n) is 11.3. The molecular weight excluding hydrogens is 281 g/mol. The van der Waals surface area contributed by atoms with Crippen molar-refractivity contribution in [1.29, 1.82) is 0 Å². The molecular formula is C15H19ClFNO2. The summed E-state index contributed by atoms with van der Waals surface area (Å²) in [5.74, 6) is -0.369. The third-order valence-corrected chi connectivity index (χ3v) is 4.67. The molecule has 2 aliphatic rings. The predicted molar refractivity (Wildman–Crippen MR) is 75.5 cm³/mol. The van der Waals surface area contributed by atoms with E-state index in [-0.39, 0.29) is 18.3 Å². The minimum Gasteiger partial charge on any atom is -0.390 e. The molecule has 0 aliphatic carbocycles. The standard InChI is InChI=1S/C15H19ClFNO2/c16-12-4-1-5-13(17)11(12)7-14(19)15-8-18-6-2-3-10(18)9-20-15/h1,4-5,10,14-15,19H,2-3,6-9H2. The fourth-order valence-electron chi connectivity index (χ4n) is 3.14. The molecule has 2 aliphatic heterocycles. The van der Waals surface area contributed by atoms with Crippen molar-refractivity contribution in [2.45, 2.75) is 37.5 Å². The molecule has 1 aromatic rings. The van der Waals surface area contributed by atoms with Crippen LogP contribution in [0, 0.1) is 5.82 Å². The summed E-state index contributed by atoms with van der Waals surface area (Å²) in [5, 5.41) is 10.7. The van der Waals surface area contributed by atoms with Crippen LogP contribution >= 0.6 is 11.6 Å². The average Bonchev–Trinajstić information content (AvgIpc) is 2.90. The van der Waals surface area contributed by atoms with Gasteiger partial charge in [0.15, 0.2) is 0 Å². The number of halogens is 2. The fourth-order valence-corrected chi connectivity index (χ4v) is 3.38. The smallest absolute Gasteiger partial charge is 0.127 e. The third-order valence-electron chi connectivity index (χ3n) is 4.32. The third kappa shape index (κ3) is 2.84. The molecule has 2 heterocycles. The van der Waals surface area contributed by atoms with E-state index in [4.69, 9.17) is 16.3 Å². The van der Waals surface area contributed by atoms with Crippen molar-refractivity contribution < 1.29 is 14.2 Å². The summed E-state index contributed by atoms with van der Waals surface area (Å²) in [6.07, 6.45) is 1.55. The first-order chi connectivity index (χ1) is 9.65. The number of aliphatic hydroxyl groups excluding tert-OH is 1. The van der Waals surface area contributed by atoms with Gasteiger partial charge in [0.1, 0.15) is 5.82 Å². The molecule has 3 unspecified atom stereocenters. The first-order valence-electron chi connectivity index (χ1n) is 7.12. The Morgan fingerprint density at radius 1 is 1.50 bits per heavy atom. The average molecular weight is 300 g/mol. The Morgan fingerprint density at radius 3 is 3.15 bits per heavy atom. The van der Waals surface area contributed by atoms with Gasteiger partial charge >= 0.3 is 0 Å². The summed E-state index contributed by atoms with van der Waals surface area (Å²) in [4.78, 5) is 2.36. The monoisotopic (exact) mass is 299 g/mol. The van der Waals surface area contributed by atoms with Crippen LogP contribution in [0.5, 0.6) is 0 Å². The summed E-state index contributed by atoms with van der Waals surface area (Å²) >= 11 is 6.00. The number of rotatable bonds is 3. The fraction of sp³-hybridized carbons (Fsp3) is 0.600. The van der Waals surface area contributed by atoms with Crippen LogP contribution in [0.25, 0.3) is 0 Å². The van der Waals surface area contributed by atoms with E-state index in [1.165, 1.54) is 18.9 Å². The Morgan fingerprint density at radius 2 is 2.35 bits per heavy atom. The molecule has 3 nitrogen and oxygen atoms in total. The Hall–Kier alpha value is -0.680. The van der Waals surface area contributed by atoms with Crippen LogP contribution in [0.2, 0.25) is 5.02 Å². The Balaban J connectivity index is 1.66. The Kier molecular flexibility index (Phi) is 4.26. The van der Waals surface area contributed by atoms with Gasteiger partial charge in [-0.25, -0.2) is 4.39 Å². The number of ether oxygens (including phenoxy) is 1. The number of hydrogen-bond acceptors (Lipinski definition) is 3. The van der Waals surface area contributed by atoms with Gasteiger partial charge in [0, 0.05) is 29.6 Å². The lowest BCUT2D eigenvalue weighted by Crippen LogP contribution is -2.50. The van der Waals surface area contributed by atoms with Crippen LogP contribution in [0.15, 0.2) is 18.2 Å². The highest BCUT2D eigenvalue weighted by Crippen LogP contribution is 2.26. The number of hydrogen-bond donors (Lipinski definition) is 1. The molecule has 1 aromatic carbocycles. The topological polar surface area (TPSA) is 32.7 Å². The Bertz CT molecular complexity index is 465. The molecule has 3 atom stereocenters. The molecule has 5 heteroatoms. The second-order valence-corrected chi connectivity index (χ2v) is 6.04. The number of aliphatic hydroxyl groups is 1. The molecule has 20 heavy (non-hydrogen) atoms. The van der Waals surface area contributed by atoms with Crippen LogP contribution in [0.1, 0.15) is 18.4 Å². The lowest BCUT2D eigenvalue weighted by molar-refractivity contribution is -0.101. The first kappa shape index (κ1) is 14.3. The van der Waals surface area contributed by atoms with Gasteiger partial charge in [-0.05, 0) is 31.5 Å². The van der Waals surface area contributed by atoms with Crippen LogP contribution in [-0.4, -0.2) is 48.0 Å². The number of fused-ring (bicyclic) bond motifs is 1. The van der Waals surface area contributed by atoms with E-state index >= 15 is 0 Å². The van der Waals surface area contributed by atoms with Gasteiger partial charge in [-0.3, -0.25) is 4.90 Å². The maximum absolute atomic E-state index is 13.7. The van der Waals surface area contributed by atoms with Gasteiger partial charge < -0.3 is 9.84 Å². The summed E-state index contributed by atoms with van der Waals surface area (Å²) in [7, 11) is 0. The molecule has 2 saturated heterocycles. The van der Waals surface area contributed by atoms with Gasteiger partial charge in [0.05, 0.1) is 18.8 Å². The van der Waals surface area contributed by atoms with Crippen molar-refractivity contribution in [3.05, 3.63) is 34.6 Å². The lowest BCUT2D eigenvalue weighted by atomic mass is 10.0. The second-order valence-electron chi connectivity index (χ2n) is 5.63. The lowest BCUT2D eigenvalue weighted by Gasteiger charge is -2.37. The SMILES string of the molecule is OC(Cc1c(F)cccc1Cl)C1CN2CCCC2CO1. The van der Waals surface area contributed by atoms with Crippen molar-refractivity contribution >= 4 is 11.6 Å². The predicted octanol–water partition coefficient (Wildman–Crippen LogP) is 2.25. The zero-order valence-corrected chi connectivity index (χ0v) is 12.0. The van der Waals surface area contributed by atoms with Crippen molar-refractivity contribution in [1.82, 2.24) is 4.90 Å². The van der Waals surface area contributed by atoms with Crippen molar-refractivity contribution in [2.24, 2.45) is 0 Å². The quantitative estimate of drug-likeness (QED) is 0.929. The zero-order chi connectivity index (χ0) is 14.1. The molecule has 110 valence electrons. The van der Waals surface area contributed by atoms with E-state index in [1.807, 2.05) is 0 Å². The molecule has 0 radical (unpaired) electrons. The first-order valence-corrected chi connectivity index (χ1v) is 7.49. The van der Waals surface area contributed by atoms with Gasteiger partial charge in [0.25, 0.3) is 0 Å². The molecule has 0 aromatic heterocycles. The maximum atomic E-state index is 13.7. The maximum Gasteiger partial charge on any atom is 0.127 e. The van der Waals surface area contributed by atoms with E-state index in [0.717, 1.165) is 13.1 Å². The molecule has 0 saturated carbocycles. The van der Waals surface area contributed by atoms with Gasteiger partial charge in [-0.1, -0.05) is 17.7 Å². The molecule has 1 N–H and O–H groups in total. The normalized spacial score (nSPS) is 28.4. The molecule has 2 fully saturated rings. The van der Waals surface area contributed by atoms with E-state index in [9.17, 15) is 9.50 Å². The molecule has 0 spiro atoms. The van der Waals surface area contributed by atoms with Crippen molar-refractivity contribution in [3.8, 4) is 0 Å². The van der Waals surface area contributed by atoms with Crippen LogP contribution in [0.3, 0.4) is 0 Å². The van der Waals surface area contributed by atoms with Crippen LogP contribution < -0.4 is 0 Å². The van der Waals surface area contributed by atoms with E-state index < -0.39 is 6.10 Å². The number of benzene rings is 1. The van der Waals surface area contributed by atoms with Crippen molar-refractivity contribution in [3.63, 3.8) is 0 Å². The number of nitrogens with zero attached hydrogens (tertiary/aromatic N) is 1. The van der Waals surface area contributed by atoms with Gasteiger partial charge in [0.2, 0.25) is 0 Å². The minimum atomic E-state index is -0.731. The largest absolute Gasteiger partial charge is 0.390 e. The van der Waals surface area contributed by atoms with Crippen LogP contribution in [-0.2, 0) is 11.2 Å². The molecule has 0 bridgehead atoms. The Labute approximate surface area is 123 Å². The van der Waals surface area contributed by atoms with Crippen molar-refractivity contribution in [2.75, 3.05) is 19.7 Å². The molecule has 0 amide bonds. The van der Waals surface area contributed by atoms with Crippen LogP contribution in [0.4, 0.5) is 4.39 Å². The van der Waals surface area contributed by atoms with Gasteiger partial charge in [-0.2, -0.15) is 0 Å². The minimum absolute atomic E-state index is 0.189. The van der Waals surface area contributed by atoms with E-state index in [2.05, 4.69) is 4.90 Å². The summed E-state index contributed by atoms with van der Waals surface area (Å²) in [5.41, 5.74) is 0.369. The highest BCUT2D eigenvalue weighted by Gasteiger charge is 2.35. The van der Waals surface area contributed by atoms with E-state index in [1.54, 1.807) is 12.1 Å². The second kappa shape index (κ2) is 5.98.